The summed E-state index contributed by atoms with van der Waals surface area (Å²) in [5.41, 5.74) is 1.97. The molecule has 0 atom stereocenters. The van der Waals surface area contributed by atoms with E-state index < -0.39 is 5.97 Å². The van der Waals surface area contributed by atoms with Crippen LogP contribution in [0.4, 0.5) is 5.13 Å². The number of esters is 1. The van der Waals surface area contributed by atoms with Crippen molar-refractivity contribution in [1.82, 2.24) is 9.38 Å². The van der Waals surface area contributed by atoms with Crippen LogP contribution in [-0.4, -0.2) is 21.3 Å². The number of nitriles is 1. The Balaban J connectivity index is 1.74. The third-order valence-corrected chi connectivity index (χ3v) is 3.99. The van der Waals surface area contributed by atoms with Crippen molar-refractivity contribution in [3.8, 4) is 6.07 Å². The number of nitrogens with zero attached hydrogens (tertiary/aromatic N) is 3. The van der Waals surface area contributed by atoms with Gasteiger partial charge in [-0.15, -0.1) is 11.3 Å². The Labute approximate surface area is 141 Å². The molecular formula is C16H12N4O3S. The van der Waals surface area contributed by atoms with Crippen molar-refractivity contribution in [2.75, 3.05) is 5.32 Å². The van der Waals surface area contributed by atoms with E-state index >= 15 is 0 Å². The van der Waals surface area contributed by atoms with Crippen LogP contribution in [-0.2, 0) is 16.1 Å². The minimum atomic E-state index is -0.609. The molecule has 0 aliphatic rings. The number of nitrogens with one attached hydrogen (secondary N) is 1. The predicted molar refractivity (Wildman–Crippen MR) is 87.6 cm³/mol. The third kappa shape index (κ3) is 3.11. The number of carbonyl (C=O) groups is 2. The van der Waals surface area contributed by atoms with E-state index in [2.05, 4.69) is 16.4 Å². The molecule has 0 saturated heterocycles. The molecule has 0 bridgehead atoms. The van der Waals surface area contributed by atoms with Crippen LogP contribution in [0.3, 0.4) is 0 Å². The third-order valence-electron chi connectivity index (χ3n) is 3.23. The van der Waals surface area contributed by atoms with E-state index in [9.17, 15) is 14.9 Å². The molecule has 3 aromatic heterocycles. The number of pyridine rings is 1. The molecule has 3 aromatic rings. The molecular weight excluding hydrogens is 328 g/mol. The lowest BCUT2D eigenvalue weighted by atomic mass is 10.2. The summed E-state index contributed by atoms with van der Waals surface area (Å²) in [7, 11) is 0. The number of fused-ring (bicyclic) bond motifs is 1. The summed E-state index contributed by atoms with van der Waals surface area (Å²) in [4.78, 5) is 27.0. The fourth-order valence-electron chi connectivity index (χ4n) is 2.21. The summed E-state index contributed by atoms with van der Waals surface area (Å²) in [5, 5.41) is 13.7. The highest BCUT2D eigenvalue weighted by Crippen LogP contribution is 2.20. The van der Waals surface area contributed by atoms with Gasteiger partial charge in [-0.2, -0.15) is 5.26 Å². The molecule has 0 radical (unpaired) electrons. The van der Waals surface area contributed by atoms with E-state index in [0.717, 1.165) is 16.9 Å². The molecule has 0 aromatic carbocycles. The van der Waals surface area contributed by atoms with Crippen LogP contribution in [0.5, 0.6) is 0 Å². The summed E-state index contributed by atoms with van der Waals surface area (Å²) in [6.45, 7) is 1.33. The second-order valence-corrected chi connectivity index (χ2v) is 5.79. The van der Waals surface area contributed by atoms with E-state index in [1.54, 1.807) is 10.6 Å². The van der Waals surface area contributed by atoms with Crippen molar-refractivity contribution < 1.29 is 14.3 Å². The average Bonchev–Trinajstić information content (AvgIpc) is 3.15. The van der Waals surface area contributed by atoms with Crippen LogP contribution in [0, 0.1) is 11.3 Å². The number of carbonyl (C=O) groups excluding carboxylic acids is 2. The van der Waals surface area contributed by atoms with Crippen molar-refractivity contribution in [2.45, 2.75) is 13.5 Å². The maximum Gasteiger partial charge on any atom is 0.358 e. The smallest absolute Gasteiger partial charge is 0.358 e. The topological polar surface area (TPSA) is 96.5 Å². The Morgan fingerprint density at radius 2 is 2.29 bits per heavy atom. The molecule has 1 N–H and O–H groups in total. The molecule has 1 amide bonds. The lowest BCUT2D eigenvalue weighted by molar-refractivity contribution is -0.114. The zero-order chi connectivity index (χ0) is 17.1. The lowest BCUT2D eigenvalue weighted by Gasteiger charge is -2.01. The highest BCUT2D eigenvalue weighted by molar-refractivity contribution is 7.14. The molecule has 120 valence electrons. The summed E-state index contributed by atoms with van der Waals surface area (Å²) >= 11 is 1.14. The number of amides is 1. The van der Waals surface area contributed by atoms with Gasteiger partial charge in [-0.05, 0) is 12.1 Å². The number of thiazole rings is 1. The Morgan fingerprint density at radius 1 is 1.46 bits per heavy atom. The maximum atomic E-state index is 12.1. The van der Waals surface area contributed by atoms with Crippen LogP contribution >= 0.6 is 11.3 Å². The van der Waals surface area contributed by atoms with Gasteiger partial charge in [0.05, 0.1) is 11.1 Å². The Hall–Kier alpha value is -3.18. The normalized spacial score (nSPS) is 10.3. The predicted octanol–water partition coefficient (Wildman–Crippen LogP) is 2.58. The van der Waals surface area contributed by atoms with Crippen LogP contribution in [0.25, 0.3) is 5.52 Å². The minimum Gasteiger partial charge on any atom is -0.456 e. The molecule has 0 spiro atoms. The van der Waals surface area contributed by atoms with Gasteiger partial charge in [-0.1, -0.05) is 6.07 Å². The van der Waals surface area contributed by atoms with Crippen LogP contribution < -0.4 is 5.32 Å². The number of rotatable bonds is 4. The quantitative estimate of drug-likeness (QED) is 0.736. The van der Waals surface area contributed by atoms with Crippen LogP contribution in [0.2, 0.25) is 0 Å². The second kappa shape index (κ2) is 6.52. The number of ether oxygens (including phenoxy) is 1. The number of hydrogen-bond donors (Lipinski definition) is 1. The average molecular weight is 340 g/mol. The SMILES string of the molecule is CC(=O)Nc1nc(C(=O)OCc2cn3ccccc3c2C#N)cs1. The number of anilines is 1. The van der Waals surface area contributed by atoms with Crippen molar-refractivity contribution in [1.29, 1.82) is 5.26 Å². The number of hydrogen-bond acceptors (Lipinski definition) is 6. The molecule has 8 heteroatoms. The van der Waals surface area contributed by atoms with Crippen molar-refractivity contribution in [3.05, 3.63) is 52.8 Å². The van der Waals surface area contributed by atoms with Gasteiger partial charge in [-0.3, -0.25) is 4.79 Å². The molecule has 0 saturated carbocycles. The van der Waals surface area contributed by atoms with Gasteiger partial charge in [-0.25, -0.2) is 9.78 Å². The fraction of sp³-hybridized carbons (Fsp3) is 0.125. The van der Waals surface area contributed by atoms with Crippen LogP contribution in [0.15, 0.2) is 36.0 Å². The van der Waals surface area contributed by atoms with Gasteiger partial charge in [0.1, 0.15) is 12.7 Å². The van der Waals surface area contributed by atoms with E-state index in [4.69, 9.17) is 4.74 Å². The zero-order valence-electron chi connectivity index (χ0n) is 12.6. The summed E-state index contributed by atoms with van der Waals surface area (Å²) in [6, 6.07) is 7.65. The Morgan fingerprint density at radius 3 is 3.04 bits per heavy atom. The van der Waals surface area contributed by atoms with Crippen molar-refractivity contribution in [2.24, 2.45) is 0 Å². The first-order chi connectivity index (χ1) is 11.6. The standard InChI is InChI=1S/C16H12N4O3S/c1-10(21)18-16-19-13(9-24-16)15(22)23-8-11-7-20-5-3-2-4-14(20)12(11)6-17/h2-5,7,9H,8H2,1H3,(H,18,19,21). The summed E-state index contributed by atoms with van der Waals surface area (Å²) in [5.74, 6) is -0.870. The first-order valence-corrected chi connectivity index (χ1v) is 7.85. The van der Waals surface area contributed by atoms with Gasteiger partial charge in [0.15, 0.2) is 10.8 Å². The largest absolute Gasteiger partial charge is 0.456 e. The number of aromatic nitrogens is 2. The molecule has 0 aliphatic carbocycles. The minimum absolute atomic E-state index is 0.0313. The Kier molecular flexibility index (Phi) is 4.26. The first-order valence-electron chi connectivity index (χ1n) is 6.97. The molecule has 0 fully saturated rings. The van der Waals surface area contributed by atoms with Gasteiger partial charge in [0.25, 0.3) is 0 Å². The monoisotopic (exact) mass is 340 g/mol. The molecule has 7 nitrogen and oxygen atoms in total. The van der Waals surface area contributed by atoms with E-state index in [-0.39, 0.29) is 18.2 Å². The van der Waals surface area contributed by atoms with E-state index in [1.807, 2.05) is 24.4 Å². The van der Waals surface area contributed by atoms with Crippen molar-refractivity contribution in [3.63, 3.8) is 0 Å². The fourth-order valence-corrected chi connectivity index (χ4v) is 2.93. The van der Waals surface area contributed by atoms with Crippen LogP contribution in [0.1, 0.15) is 28.5 Å². The highest BCUT2D eigenvalue weighted by atomic mass is 32.1. The molecule has 3 heterocycles. The summed E-state index contributed by atoms with van der Waals surface area (Å²) in [6.07, 6.45) is 3.58. The highest BCUT2D eigenvalue weighted by Gasteiger charge is 2.16. The first kappa shape index (κ1) is 15.7. The molecule has 0 unspecified atom stereocenters. The maximum absolute atomic E-state index is 12.1. The van der Waals surface area contributed by atoms with Gasteiger partial charge in [0.2, 0.25) is 5.91 Å². The van der Waals surface area contributed by atoms with E-state index in [1.165, 1.54) is 12.3 Å². The molecule has 24 heavy (non-hydrogen) atoms. The van der Waals surface area contributed by atoms with Crippen molar-refractivity contribution >= 4 is 33.9 Å². The Bertz CT molecular complexity index is 967. The van der Waals surface area contributed by atoms with Gasteiger partial charge >= 0.3 is 5.97 Å². The second-order valence-electron chi connectivity index (χ2n) is 4.93. The van der Waals surface area contributed by atoms with Gasteiger partial charge in [0, 0.05) is 30.3 Å². The molecule has 0 aliphatic heterocycles. The molecule has 3 rings (SSSR count). The van der Waals surface area contributed by atoms with Gasteiger partial charge < -0.3 is 14.5 Å². The summed E-state index contributed by atoms with van der Waals surface area (Å²) < 4.78 is 7.04. The lowest BCUT2D eigenvalue weighted by Crippen LogP contribution is -2.08. The zero-order valence-corrected chi connectivity index (χ0v) is 13.5. The van der Waals surface area contributed by atoms with E-state index in [0.29, 0.717) is 16.3 Å².